The van der Waals surface area contributed by atoms with E-state index in [0.717, 1.165) is 32.0 Å². The average molecular weight is 279 g/mol. The van der Waals surface area contributed by atoms with Crippen LogP contribution in [0.5, 0.6) is 0 Å². The van der Waals surface area contributed by atoms with Crippen LogP contribution in [0, 0.1) is 0 Å². The van der Waals surface area contributed by atoms with Crippen molar-refractivity contribution in [2.75, 3.05) is 33.2 Å². The number of likely N-dealkylation sites (N-methyl/N-ethyl adjacent to an activating group) is 1. The second-order valence-corrected chi connectivity index (χ2v) is 5.69. The van der Waals surface area contributed by atoms with E-state index in [0.29, 0.717) is 19.1 Å². The van der Waals surface area contributed by atoms with E-state index in [-0.39, 0.29) is 5.91 Å². The number of nitrogens with one attached hydrogen (secondary N) is 1. The Morgan fingerprint density at radius 1 is 1.35 bits per heavy atom. The van der Waals surface area contributed by atoms with Gasteiger partial charge in [0.1, 0.15) is 12.4 Å². The quantitative estimate of drug-likeness (QED) is 0.834. The van der Waals surface area contributed by atoms with E-state index < -0.39 is 0 Å². The fraction of sp³-hybridized carbons (Fsp3) is 0.714. The molecule has 0 atom stereocenters. The Labute approximate surface area is 120 Å². The molecule has 20 heavy (non-hydrogen) atoms. The van der Waals surface area contributed by atoms with Crippen LogP contribution in [0.3, 0.4) is 0 Å². The SMILES string of the molecule is CC(C)NCc1nccn1CC(=O)N1CCN(C)CC1. The summed E-state index contributed by atoms with van der Waals surface area (Å²) >= 11 is 0. The molecule has 2 rings (SSSR count). The Morgan fingerprint density at radius 2 is 2.05 bits per heavy atom. The smallest absolute Gasteiger partial charge is 0.242 e. The Hall–Kier alpha value is -1.40. The molecule has 1 N–H and O–H groups in total. The molecule has 0 bridgehead atoms. The van der Waals surface area contributed by atoms with Crippen LogP contribution >= 0.6 is 0 Å². The Balaban J connectivity index is 1.89. The van der Waals surface area contributed by atoms with E-state index >= 15 is 0 Å². The molecule has 6 heteroatoms. The lowest BCUT2D eigenvalue weighted by molar-refractivity contribution is -0.133. The molecule has 2 heterocycles. The third kappa shape index (κ3) is 4.05. The average Bonchev–Trinajstić information content (AvgIpc) is 2.84. The normalized spacial score (nSPS) is 16.9. The van der Waals surface area contributed by atoms with E-state index in [4.69, 9.17) is 0 Å². The highest BCUT2D eigenvalue weighted by molar-refractivity contribution is 5.76. The van der Waals surface area contributed by atoms with Gasteiger partial charge in [-0.3, -0.25) is 4.79 Å². The van der Waals surface area contributed by atoms with Crippen LogP contribution < -0.4 is 5.32 Å². The van der Waals surface area contributed by atoms with Crippen LogP contribution in [0.4, 0.5) is 0 Å². The monoisotopic (exact) mass is 279 g/mol. The van der Waals surface area contributed by atoms with Crippen LogP contribution in [0.1, 0.15) is 19.7 Å². The molecule has 0 aromatic carbocycles. The van der Waals surface area contributed by atoms with Gasteiger partial charge < -0.3 is 19.7 Å². The lowest BCUT2D eigenvalue weighted by Gasteiger charge is -2.32. The van der Waals surface area contributed by atoms with Crippen molar-refractivity contribution in [1.82, 2.24) is 24.7 Å². The van der Waals surface area contributed by atoms with Gasteiger partial charge in [-0.2, -0.15) is 0 Å². The van der Waals surface area contributed by atoms with Gasteiger partial charge in [0, 0.05) is 44.6 Å². The molecule has 0 aliphatic carbocycles. The molecule has 0 spiro atoms. The van der Waals surface area contributed by atoms with Gasteiger partial charge in [0.05, 0.1) is 6.54 Å². The van der Waals surface area contributed by atoms with Gasteiger partial charge in [0.2, 0.25) is 5.91 Å². The molecule has 112 valence electrons. The molecule has 1 saturated heterocycles. The second-order valence-electron chi connectivity index (χ2n) is 5.69. The van der Waals surface area contributed by atoms with E-state index in [9.17, 15) is 4.79 Å². The molecule has 1 aliphatic rings. The minimum Gasteiger partial charge on any atom is -0.339 e. The topological polar surface area (TPSA) is 53.4 Å². The third-order valence-electron chi connectivity index (χ3n) is 3.63. The van der Waals surface area contributed by atoms with Gasteiger partial charge in [-0.25, -0.2) is 4.98 Å². The molecule has 1 fully saturated rings. The summed E-state index contributed by atoms with van der Waals surface area (Å²) in [7, 11) is 2.09. The number of nitrogens with zero attached hydrogens (tertiary/aromatic N) is 4. The van der Waals surface area contributed by atoms with Gasteiger partial charge in [0.25, 0.3) is 0 Å². The first-order chi connectivity index (χ1) is 9.56. The third-order valence-corrected chi connectivity index (χ3v) is 3.63. The van der Waals surface area contributed by atoms with E-state index in [1.807, 2.05) is 15.7 Å². The standard InChI is InChI=1S/C14H25N5O/c1-12(2)16-10-13-15-4-5-19(13)11-14(20)18-8-6-17(3)7-9-18/h4-5,12,16H,6-11H2,1-3H3. The first kappa shape index (κ1) is 15.0. The number of piperazine rings is 1. The van der Waals surface area contributed by atoms with Crippen LogP contribution in [0.15, 0.2) is 12.4 Å². The van der Waals surface area contributed by atoms with Gasteiger partial charge in [-0.15, -0.1) is 0 Å². The van der Waals surface area contributed by atoms with Crippen LogP contribution in [-0.4, -0.2) is 64.5 Å². The molecule has 1 amide bonds. The number of hydrogen-bond donors (Lipinski definition) is 1. The number of amides is 1. The molecule has 0 unspecified atom stereocenters. The Morgan fingerprint density at radius 3 is 2.70 bits per heavy atom. The maximum absolute atomic E-state index is 12.3. The van der Waals surface area contributed by atoms with Gasteiger partial charge in [0.15, 0.2) is 0 Å². The molecule has 0 saturated carbocycles. The van der Waals surface area contributed by atoms with E-state index in [2.05, 4.69) is 36.1 Å². The van der Waals surface area contributed by atoms with Gasteiger partial charge >= 0.3 is 0 Å². The summed E-state index contributed by atoms with van der Waals surface area (Å²) in [5.41, 5.74) is 0. The van der Waals surface area contributed by atoms with Crippen molar-refractivity contribution in [3.05, 3.63) is 18.2 Å². The van der Waals surface area contributed by atoms with Crippen molar-refractivity contribution in [1.29, 1.82) is 0 Å². The minimum absolute atomic E-state index is 0.182. The van der Waals surface area contributed by atoms with Gasteiger partial charge in [-0.1, -0.05) is 13.8 Å². The number of carbonyl (C=O) groups excluding carboxylic acids is 1. The Bertz CT molecular complexity index is 435. The lowest BCUT2D eigenvalue weighted by Crippen LogP contribution is -2.48. The summed E-state index contributed by atoms with van der Waals surface area (Å²) in [6.07, 6.45) is 3.64. The van der Waals surface area contributed by atoms with Crippen molar-refractivity contribution in [3.63, 3.8) is 0 Å². The summed E-state index contributed by atoms with van der Waals surface area (Å²) in [5, 5.41) is 3.33. The molecule has 0 radical (unpaired) electrons. The van der Waals surface area contributed by atoms with Crippen molar-refractivity contribution in [3.8, 4) is 0 Å². The summed E-state index contributed by atoms with van der Waals surface area (Å²) in [5.74, 6) is 1.10. The number of hydrogen-bond acceptors (Lipinski definition) is 4. The number of carbonyl (C=O) groups is 1. The predicted molar refractivity (Wildman–Crippen MR) is 78.3 cm³/mol. The summed E-state index contributed by atoms with van der Waals surface area (Å²) in [4.78, 5) is 20.8. The minimum atomic E-state index is 0.182. The fourth-order valence-electron chi connectivity index (χ4n) is 2.25. The van der Waals surface area contributed by atoms with Crippen molar-refractivity contribution in [2.45, 2.75) is 33.0 Å². The number of rotatable bonds is 5. The second kappa shape index (κ2) is 6.85. The maximum Gasteiger partial charge on any atom is 0.242 e. The molecule has 1 aromatic heterocycles. The van der Waals surface area contributed by atoms with Crippen LogP contribution in [-0.2, 0) is 17.9 Å². The highest BCUT2D eigenvalue weighted by Gasteiger charge is 2.19. The largest absolute Gasteiger partial charge is 0.339 e. The summed E-state index contributed by atoms with van der Waals surface area (Å²) in [6, 6.07) is 0.411. The maximum atomic E-state index is 12.3. The highest BCUT2D eigenvalue weighted by Crippen LogP contribution is 2.04. The Kier molecular flexibility index (Phi) is 5.14. The zero-order valence-corrected chi connectivity index (χ0v) is 12.7. The van der Waals surface area contributed by atoms with Gasteiger partial charge in [-0.05, 0) is 7.05 Å². The molecule has 1 aromatic rings. The lowest BCUT2D eigenvalue weighted by atomic mass is 10.3. The van der Waals surface area contributed by atoms with Crippen molar-refractivity contribution >= 4 is 5.91 Å². The fourth-order valence-corrected chi connectivity index (χ4v) is 2.25. The van der Waals surface area contributed by atoms with E-state index in [1.54, 1.807) is 6.20 Å². The van der Waals surface area contributed by atoms with Crippen molar-refractivity contribution in [2.24, 2.45) is 0 Å². The molecule has 1 aliphatic heterocycles. The van der Waals surface area contributed by atoms with Crippen LogP contribution in [0.2, 0.25) is 0 Å². The molecular weight excluding hydrogens is 254 g/mol. The van der Waals surface area contributed by atoms with E-state index in [1.165, 1.54) is 0 Å². The molecular formula is C14H25N5O. The summed E-state index contributed by atoms with van der Waals surface area (Å²) in [6.45, 7) is 8.84. The van der Waals surface area contributed by atoms with Crippen LogP contribution in [0.25, 0.3) is 0 Å². The van der Waals surface area contributed by atoms with Crippen molar-refractivity contribution < 1.29 is 4.79 Å². The highest BCUT2D eigenvalue weighted by atomic mass is 16.2. The molecule has 6 nitrogen and oxygen atoms in total. The summed E-state index contributed by atoms with van der Waals surface area (Å²) < 4.78 is 1.94. The zero-order valence-electron chi connectivity index (χ0n) is 12.7. The first-order valence-corrected chi connectivity index (χ1v) is 7.26. The number of aromatic nitrogens is 2. The zero-order chi connectivity index (χ0) is 14.5. The first-order valence-electron chi connectivity index (χ1n) is 7.26. The number of imidazole rings is 1. The predicted octanol–water partition coefficient (Wildman–Crippen LogP) is 0.155.